The molecule has 1 rings (SSSR count). The van der Waals surface area contributed by atoms with Gasteiger partial charge in [0.1, 0.15) is 5.82 Å². The highest BCUT2D eigenvalue weighted by Gasteiger charge is 2.15. The maximum Gasteiger partial charge on any atom is 0.180 e. The number of hydrogen-bond acceptors (Lipinski definition) is 1. The van der Waals surface area contributed by atoms with Crippen LogP contribution >= 0.6 is 34.2 Å². The highest BCUT2D eigenvalue weighted by atomic mass is 127. The number of halogens is 3. The molecule has 0 unspecified atom stereocenters. The molecule has 0 fully saturated rings. The Kier molecular flexibility index (Phi) is 3.67. The van der Waals surface area contributed by atoms with Crippen molar-refractivity contribution < 1.29 is 9.18 Å². The number of Topliss-reactive ketones (excluding diaryl/α,β-unsaturated/α-hetero) is 1. The molecule has 0 N–H and O–H groups in total. The fraction of sp³-hybridized carbons (Fsp3) is 0.222. The third kappa shape index (κ3) is 2.20. The maximum atomic E-state index is 13.2. The third-order valence-electron chi connectivity index (χ3n) is 1.75. The van der Waals surface area contributed by atoms with E-state index in [-0.39, 0.29) is 17.2 Å². The molecule has 0 heterocycles. The molecular formula is C9H7ClFIO. The lowest BCUT2D eigenvalue weighted by Crippen LogP contribution is -2.07. The first-order valence-corrected chi connectivity index (χ1v) is 5.23. The van der Waals surface area contributed by atoms with Gasteiger partial charge in [-0.05, 0) is 47.2 Å². The minimum absolute atomic E-state index is 0.113. The Labute approximate surface area is 94.4 Å². The number of benzene rings is 1. The summed E-state index contributed by atoms with van der Waals surface area (Å²) in [6.07, 6.45) is 0. The first kappa shape index (κ1) is 10.9. The first-order valence-electron chi connectivity index (χ1n) is 3.61. The van der Waals surface area contributed by atoms with E-state index in [0.29, 0.717) is 5.56 Å². The average Bonchev–Trinajstić information content (AvgIpc) is 2.12. The van der Waals surface area contributed by atoms with Gasteiger partial charge in [0, 0.05) is 3.57 Å². The molecule has 0 aliphatic rings. The second-order valence-electron chi connectivity index (χ2n) is 2.59. The zero-order chi connectivity index (χ0) is 10.0. The van der Waals surface area contributed by atoms with Gasteiger partial charge >= 0.3 is 0 Å². The van der Waals surface area contributed by atoms with Crippen LogP contribution in [0.25, 0.3) is 0 Å². The molecule has 0 aromatic heterocycles. The number of rotatable bonds is 2. The van der Waals surface area contributed by atoms with Crippen molar-refractivity contribution in [3.05, 3.63) is 32.6 Å². The lowest BCUT2D eigenvalue weighted by molar-refractivity contribution is 0.101. The van der Waals surface area contributed by atoms with Gasteiger partial charge in [-0.25, -0.2) is 4.39 Å². The van der Waals surface area contributed by atoms with Crippen LogP contribution in [0.2, 0.25) is 0 Å². The van der Waals surface area contributed by atoms with Gasteiger partial charge in [-0.15, -0.1) is 11.6 Å². The van der Waals surface area contributed by atoms with E-state index in [4.69, 9.17) is 11.6 Å². The number of carbonyl (C=O) groups excluding carboxylic acids is 1. The van der Waals surface area contributed by atoms with Crippen LogP contribution in [-0.2, 0) is 0 Å². The second kappa shape index (κ2) is 4.37. The molecule has 0 atom stereocenters. The summed E-state index contributed by atoms with van der Waals surface area (Å²) in [6.45, 7) is 1.71. The molecule has 0 aliphatic carbocycles. The smallest absolute Gasteiger partial charge is 0.180 e. The molecule has 0 aliphatic heterocycles. The van der Waals surface area contributed by atoms with Gasteiger partial charge < -0.3 is 0 Å². The van der Waals surface area contributed by atoms with Crippen molar-refractivity contribution in [2.24, 2.45) is 0 Å². The van der Waals surface area contributed by atoms with Gasteiger partial charge in [0.2, 0.25) is 0 Å². The van der Waals surface area contributed by atoms with E-state index in [1.54, 1.807) is 13.0 Å². The van der Waals surface area contributed by atoms with E-state index < -0.39 is 5.82 Å². The first-order chi connectivity index (χ1) is 6.07. The zero-order valence-electron chi connectivity index (χ0n) is 6.90. The Morgan fingerprint density at radius 1 is 1.62 bits per heavy atom. The molecule has 4 heteroatoms. The van der Waals surface area contributed by atoms with Crippen molar-refractivity contribution in [2.75, 3.05) is 5.88 Å². The molecule has 0 saturated carbocycles. The van der Waals surface area contributed by atoms with Crippen molar-refractivity contribution in [2.45, 2.75) is 6.92 Å². The van der Waals surface area contributed by atoms with Gasteiger partial charge in [-0.3, -0.25) is 4.79 Å². The molecule has 13 heavy (non-hydrogen) atoms. The minimum atomic E-state index is -0.497. The van der Waals surface area contributed by atoms with Gasteiger partial charge in [0.15, 0.2) is 5.78 Å². The summed E-state index contributed by atoms with van der Waals surface area (Å²) in [7, 11) is 0. The van der Waals surface area contributed by atoms with Crippen LogP contribution < -0.4 is 0 Å². The van der Waals surface area contributed by atoms with Crippen molar-refractivity contribution >= 4 is 40.0 Å². The average molecular weight is 313 g/mol. The lowest BCUT2D eigenvalue weighted by atomic mass is 10.1. The van der Waals surface area contributed by atoms with Crippen molar-refractivity contribution in [1.29, 1.82) is 0 Å². The summed E-state index contributed by atoms with van der Waals surface area (Å²) >= 11 is 7.42. The molecule has 0 spiro atoms. The molecule has 0 bridgehead atoms. The number of carbonyl (C=O) groups is 1. The van der Waals surface area contributed by atoms with Crippen molar-refractivity contribution in [3.8, 4) is 0 Å². The summed E-state index contributed by atoms with van der Waals surface area (Å²) in [5.74, 6) is -1.04. The SMILES string of the molecule is Cc1c(I)ccc(F)c1C(=O)CCl. The van der Waals surface area contributed by atoms with E-state index in [0.717, 1.165) is 3.57 Å². The quantitative estimate of drug-likeness (QED) is 0.466. The van der Waals surface area contributed by atoms with E-state index >= 15 is 0 Å². The van der Waals surface area contributed by atoms with Crippen LogP contribution in [0.3, 0.4) is 0 Å². The van der Waals surface area contributed by atoms with E-state index in [1.165, 1.54) is 6.07 Å². The Morgan fingerprint density at radius 3 is 2.77 bits per heavy atom. The summed E-state index contributed by atoms with van der Waals surface area (Å²) in [4.78, 5) is 11.2. The molecule has 1 aromatic rings. The Morgan fingerprint density at radius 2 is 2.23 bits per heavy atom. The van der Waals surface area contributed by atoms with Crippen LogP contribution in [0.15, 0.2) is 12.1 Å². The van der Waals surface area contributed by atoms with Crippen molar-refractivity contribution in [1.82, 2.24) is 0 Å². The monoisotopic (exact) mass is 312 g/mol. The summed E-state index contributed by atoms with van der Waals surface area (Å²) in [5, 5.41) is 0. The molecule has 0 radical (unpaired) electrons. The molecular weight excluding hydrogens is 305 g/mol. The molecule has 0 amide bonds. The Balaban J connectivity index is 3.33. The molecule has 0 saturated heterocycles. The standard InChI is InChI=1S/C9H7ClFIO/c1-5-7(12)3-2-6(11)9(5)8(13)4-10/h2-3H,4H2,1H3. The summed E-state index contributed by atoms with van der Waals surface area (Å²) in [5.41, 5.74) is 0.771. The van der Waals surface area contributed by atoms with Gasteiger partial charge in [-0.1, -0.05) is 0 Å². The van der Waals surface area contributed by atoms with Crippen LogP contribution in [0, 0.1) is 16.3 Å². The van der Waals surface area contributed by atoms with Crippen LogP contribution in [-0.4, -0.2) is 11.7 Å². The van der Waals surface area contributed by atoms with E-state index in [1.807, 2.05) is 0 Å². The zero-order valence-corrected chi connectivity index (χ0v) is 9.82. The number of alkyl halides is 1. The van der Waals surface area contributed by atoms with E-state index in [9.17, 15) is 9.18 Å². The molecule has 1 aromatic carbocycles. The summed E-state index contributed by atoms with van der Waals surface area (Å²) in [6, 6.07) is 2.92. The fourth-order valence-corrected chi connectivity index (χ4v) is 1.65. The Bertz CT molecular complexity index is 352. The van der Waals surface area contributed by atoms with Crippen LogP contribution in [0.5, 0.6) is 0 Å². The maximum absolute atomic E-state index is 13.2. The van der Waals surface area contributed by atoms with Crippen LogP contribution in [0.1, 0.15) is 15.9 Å². The van der Waals surface area contributed by atoms with Crippen LogP contribution in [0.4, 0.5) is 4.39 Å². The second-order valence-corrected chi connectivity index (χ2v) is 4.02. The predicted molar refractivity (Wildman–Crippen MR) is 58.9 cm³/mol. The van der Waals surface area contributed by atoms with Gasteiger partial charge in [0.25, 0.3) is 0 Å². The van der Waals surface area contributed by atoms with Gasteiger partial charge in [0.05, 0.1) is 11.4 Å². The lowest BCUT2D eigenvalue weighted by Gasteiger charge is -2.05. The summed E-state index contributed by atoms with van der Waals surface area (Å²) < 4.78 is 14.1. The molecule has 70 valence electrons. The highest BCUT2D eigenvalue weighted by Crippen LogP contribution is 2.19. The normalized spacial score (nSPS) is 10.2. The minimum Gasteiger partial charge on any atom is -0.293 e. The topological polar surface area (TPSA) is 17.1 Å². The van der Waals surface area contributed by atoms with Crippen molar-refractivity contribution in [3.63, 3.8) is 0 Å². The van der Waals surface area contributed by atoms with E-state index in [2.05, 4.69) is 22.6 Å². The Hall–Kier alpha value is -0.160. The molecule has 1 nitrogen and oxygen atoms in total. The largest absolute Gasteiger partial charge is 0.293 e. The highest BCUT2D eigenvalue weighted by molar-refractivity contribution is 14.1. The third-order valence-corrected chi connectivity index (χ3v) is 3.16. The predicted octanol–water partition coefficient (Wildman–Crippen LogP) is 3.16. The number of ketones is 1. The number of hydrogen-bond donors (Lipinski definition) is 0. The fourth-order valence-electron chi connectivity index (χ4n) is 1.06. The van der Waals surface area contributed by atoms with Gasteiger partial charge in [-0.2, -0.15) is 0 Å².